The minimum absolute atomic E-state index is 0.0667. The van der Waals surface area contributed by atoms with Crippen molar-refractivity contribution >= 4 is 11.8 Å². The molecule has 0 bridgehead atoms. The van der Waals surface area contributed by atoms with Crippen LogP contribution in [0.25, 0.3) is 0 Å². The first kappa shape index (κ1) is 14.9. The van der Waals surface area contributed by atoms with Crippen LogP contribution in [0.4, 0.5) is 0 Å². The number of amides is 2. The van der Waals surface area contributed by atoms with Crippen molar-refractivity contribution in [2.45, 2.75) is 45.8 Å². The average Bonchev–Trinajstić information content (AvgIpc) is 2.23. The van der Waals surface area contributed by atoms with E-state index in [-0.39, 0.29) is 11.8 Å². The molecule has 0 saturated heterocycles. The Hall–Kier alpha value is -1.10. The molecule has 5 heteroatoms. The lowest BCUT2D eigenvalue weighted by molar-refractivity contribution is -0.138. The summed E-state index contributed by atoms with van der Waals surface area (Å²) in [4.78, 5) is 23.2. The third kappa shape index (κ3) is 2.95. The van der Waals surface area contributed by atoms with Gasteiger partial charge < -0.3 is 15.8 Å². The van der Waals surface area contributed by atoms with Crippen molar-refractivity contribution in [2.24, 2.45) is 11.7 Å². The fourth-order valence-corrected chi connectivity index (χ4v) is 1.59. The zero-order valence-electron chi connectivity index (χ0n) is 10.7. The van der Waals surface area contributed by atoms with Crippen molar-refractivity contribution in [1.82, 2.24) is 5.32 Å². The summed E-state index contributed by atoms with van der Waals surface area (Å²) >= 11 is 0. The minimum Gasteiger partial charge on any atom is -0.372 e. The van der Waals surface area contributed by atoms with Crippen LogP contribution in [0, 0.1) is 5.92 Å². The summed E-state index contributed by atoms with van der Waals surface area (Å²) in [6, 6.07) is 0. The smallest absolute Gasteiger partial charge is 0.249 e. The number of carbonyl (C=O) groups excluding carboxylic acids is 2. The Morgan fingerprint density at radius 3 is 2.12 bits per heavy atom. The first-order valence-corrected chi connectivity index (χ1v) is 5.46. The number of ether oxygens (including phenoxy) is 1. The maximum absolute atomic E-state index is 11.7. The number of hydrogen-bond donors (Lipinski definition) is 2. The van der Waals surface area contributed by atoms with Gasteiger partial charge in [0.25, 0.3) is 0 Å². The normalized spacial score (nSPS) is 16.6. The van der Waals surface area contributed by atoms with Crippen LogP contribution in [0.2, 0.25) is 0 Å². The molecule has 0 heterocycles. The van der Waals surface area contributed by atoms with E-state index in [9.17, 15) is 9.59 Å². The van der Waals surface area contributed by atoms with Crippen molar-refractivity contribution in [2.75, 3.05) is 7.11 Å². The maximum atomic E-state index is 11.7. The second-order valence-electron chi connectivity index (χ2n) is 4.21. The minimum atomic E-state index is -0.996. The summed E-state index contributed by atoms with van der Waals surface area (Å²) in [6.45, 7) is 7.15. The quantitative estimate of drug-likeness (QED) is 0.694. The average molecular weight is 230 g/mol. The van der Waals surface area contributed by atoms with E-state index in [0.29, 0.717) is 6.42 Å². The van der Waals surface area contributed by atoms with Crippen molar-refractivity contribution in [3.05, 3.63) is 0 Å². The highest BCUT2D eigenvalue weighted by molar-refractivity contribution is 5.92. The molecule has 5 nitrogen and oxygen atoms in total. The SMILES string of the molecule is CC[C@@](NC(=O)[C@@H](C)OC)(C(N)=O)C(C)C. The number of rotatable bonds is 6. The standard InChI is InChI=1S/C11H22N2O3/c1-6-11(7(2)3,10(12)15)13-9(14)8(4)16-5/h7-8H,6H2,1-5H3,(H2,12,15)(H,13,14)/t8-,11+/m1/s1. The van der Waals surface area contributed by atoms with Gasteiger partial charge in [0.1, 0.15) is 11.6 Å². The van der Waals surface area contributed by atoms with E-state index in [1.54, 1.807) is 6.92 Å². The fourth-order valence-electron chi connectivity index (χ4n) is 1.59. The molecule has 0 aliphatic heterocycles. The Morgan fingerprint density at radius 1 is 1.38 bits per heavy atom. The Kier molecular flexibility index (Phi) is 5.44. The molecule has 0 unspecified atom stereocenters. The molecule has 0 fully saturated rings. The van der Waals surface area contributed by atoms with Gasteiger partial charge in [-0.1, -0.05) is 20.8 Å². The second kappa shape index (κ2) is 5.84. The van der Waals surface area contributed by atoms with Gasteiger partial charge in [0.05, 0.1) is 0 Å². The Balaban J connectivity index is 4.94. The molecular formula is C11H22N2O3. The lowest BCUT2D eigenvalue weighted by Crippen LogP contribution is -2.62. The van der Waals surface area contributed by atoms with Crippen molar-refractivity contribution in [1.29, 1.82) is 0 Å². The summed E-state index contributed by atoms with van der Waals surface area (Å²) in [5.74, 6) is -0.901. The van der Waals surface area contributed by atoms with Crippen LogP contribution >= 0.6 is 0 Å². The molecule has 0 radical (unpaired) electrons. The number of carbonyl (C=O) groups is 2. The molecule has 0 aromatic carbocycles. The highest BCUT2D eigenvalue weighted by Crippen LogP contribution is 2.21. The predicted molar refractivity (Wildman–Crippen MR) is 61.7 cm³/mol. The number of nitrogens with two attached hydrogens (primary N) is 1. The lowest BCUT2D eigenvalue weighted by Gasteiger charge is -2.35. The van der Waals surface area contributed by atoms with Gasteiger partial charge in [0.2, 0.25) is 11.8 Å². The second-order valence-corrected chi connectivity index (χ2v) is 4.21. The van der Waals surface area contributed by atoms with Crippen molar-refractivity contribution in [3.63, 3.8) is 0 Å². The first-order valence-electron chi connectivity index (χ1n) is 5.46. The van der Waals surface area contributed by atoms with Gasteiger partial charge in [0, 0.05) is 7.11 Å². The number of hydrogen-bond acceptors (Lipinski definition) is 3. The number of methoxy groups -OCH3 is 1. The number of primary amides is 1. The van der Waals surface area contributed by atoms with Crippen LogP contribution in [-0.4, -0.2) is 30.6 Å². The monoisotopic (exact) mass is 230 g/mol. The molecule has 0 rings (SSSR count). The van der Waals surface area contributed by atoms with Gasteiger partial charge in [-0.15, -0.1) is 0 Å². The molecule has 3 N–H and O–H groups in total. The largest absolute Gasteiger partial charge is 0.372 e. The van der Waals surface area contributed by atoms with Gasteiger partial charge in [0.15, 0.2) is 0 Å². The van der Waals surface area contributed by atoms with Gasteiger partial charge >= 0.3 is 0 Å². The summed E-state index contributed by atoms with van der Waals surface area (Å²) in [5, 5.41) is 2.69. The highest BCUT2D eigenvalue weighted by atomic mass is 16.5. The predicted octanol–water partition coefficient (Wildman–Crippen LogP) is 0.428. The maximum Gasteiger partial charge on any atom is 0.249 e. The van der Waals surface area contributed by atoms with Gasteiger partial charge in [-0.3, -0.25) is 9.59 Å². The van der Waals surface area contributed by atoms with Gasteiger partial charge in [-0.05, 0) is 19.3 Å². The zero-order chi connectivity index (χ0) is 12.9. The van der Waals surface area contributed by atoms with Crippen molar-refractivity contribution < 1.29 is 14.3 Å². The zero-order valence-corrected chi connectivity index (χ0v) is 10.7. The van der Waals surface area contributed by atoms with E-state index in [2.05, 4.69) is 5.32 Å². The van der Waals surface area contributed by atoms with Crippen LogP contribution in [-0.2, 0) is 14.3 Å². The molecule has 0 aromatic heterocycles. The number of nitrogens with one attached hydrogen (secondary N) is 1. The van der Waals surface area contributed by atoms with E-state index in [4.69, 9.17) is 10.5 Å². The fraction of sp³-hybridized carbons (Fsp3) is 0.818. The van der Waals surface area contributed by atoms with E-state index in [1.807, 2.05) is 20.8 Å². The molecule has 0 spiro atoms. The van der Waals surface area contributed by atoms with Crippen molar-refractivity contribution in [3.8, 4) is 0 Å². The molecule has 2 amide bonds. The van der Waals surface area contributed by atoms with Crippen LogP contribution < -0.4 is 11.1 Å². The van der Waals surface area contributed by atoms with E-state index in [1.165, 1.54) is 7.11 Å². The highest BCUT2D eigenvalue weighted by Gasteiger charge is 2.40. The third-order valence-electron chi connectivity index (χ3n) is 3.05. The molecule has 0 aliphatic carbocycles. The van der Waals surface area contributed by atoms with Gasteiger partial charge in [-0.25, -0.2) is 0 Å². The Labute approximate surface area is 96.7 Å². The van der Waals surface area contributed by atoms with Gasteiger partial charge in [-0.2, -0.15) is 0 Å². The summed E-state index contributed by atoms with van der Waals surface area (Å²) in [7, 11) is 1.44. The Morgan fingerprint density at radius 2 is 1.88 bits per heavy atom. The van der Waals surface area contributed by atoms with Crippen LogP contribution in [0.15, 0.2) is 0 Å². The summed E-state index contributed by atoms with van der Waals surface area (Å²) in [5.41, 5.74) is 4.38. The molecule has 2 atom stereocenters. The van der Waals surface area contributed by atoms with Crippen LogP contribution in [0.3, 0.4) is 0 Å². The molecular weight excluding hydrogens is 208 g/mol. The molecule has 16 heavy (non-hydrogen) atoms. The third-order valence-corrected chi connectivity index (χ3v) is 3.05. The molecule has 0 saturated carbocycles. The van der Waals surface area contributed by atoms with E-state index >= 15 is 0 Å². The first-order chi connectivity index (χ1) is 7.31. The molecule has 0 aliphatic rings. The van der Waals surface area contributed by atoms with Crippen LogP contribution in [0.5, 0.6) is 0 Å². The lowest BCUT2D eigenvalue weighted by atomic mass is 9.83. The topological polar surface area (TPSA) is 81.4 Å². The summed E-state index contributed by atoms with van der Waals surface area (Å²) < 4.78 is 4.90. The Bertz CT molecular complexity index is 266. The van der Waals surface area contributed by atoms with E-state index in [0.717, 1.165) is 0 Å². The molecule has 0 aromatic rings. The summed E-state index contributed by atoms with van der Waals surface area (Å²) in [6.07, 6.45) is -0.133. The molecule has 94 valence electrons. The van der Waals surface area contributed by atoms with E-state index < -0.39 is 17.6 Å². The van der Waals surface area contributed by atoms with Crippen LogP contribution in [0.1, 0.15) is 34.1 Å².